The van der Waals surface area contributed by atoms with Crippen LogP contribution in [0.25, 0.3) is 11.1 Å². The van der Waals surface area contributed by atoms with E-state index in [1.807, 2.05) is 25.1 Å². The van der Waals surface area contributed by atoms with Gasteiger partial charge in [-0.1, -0.05) is 30.3 Å². The third kappa shape index (κ3) is 2.25. The summed E-state index contributed by atoms with van der Waals surface area (Å²) in [6.45, 7) is 3.96. The second-order valence-corrected chi connectivity index (χ2v) is 4.14. The summed E-state index contributed by atoms with van der Waals surface area (Å²) in [7, 11) is 1.36. The maximum absolute atomic E-state index is 11.4. The average molecular weight is 241 g/mol. The predicted octanol–water partition coefficient (Wildman–Crippen LogP) is 3.15. The number of aromatic nitrogens is 1. The molecule has 0 N–H and O–H groups in total. The highest BCUT2D eigenvalue weighted by molar-refractivity contribution is 5.88. The van der Waals surface area contributed by atoms with E-state index in [0.29, 0.717) is 5.69 Å². The number of methoxy groups -OCH3 is 1. The normalized spacial score (nSPS) is 10.2. The van der Waals surface area contributed by atoms with Crippen LogP contribution in [0, 0.1) is 13.8 Å². The van der Waals surface area contributed by atoms with Gasteiger partial charge in [0.1, 0.15) is 5.69 Å². The monoisotopic (exact) mass is 241 g/mol. The van der Waals surface area contributed by atoms with Crippen LogP contribution in [0.4, 0.5) is 0 Å². The van der Waals surface area contributed by atoms with E-state index >= 15 is 0 Å². The molecule has 2 rings (SSSR count). The zero-order valence-electron chi connectivity index (χ0n) is 10.7. The van der Waals surface area contributed by atoms with Crippen LogP contribution in [-0.2, 0) is 4.74 Å². The summed E-state index contributed by atoms with van der Waals surface area (Å²) in [6, 6.07) is 11.7. The van der Waals surface area contributed by atoms with E-state index in [0.717, 1.165) is 16.8 Å². The number of carbonyl (C=O) groups excluding carboxylic acids is 1. The Balaban J connectivity index is 2.49. The minimum absolute atomic E-state index is 0.340. The van der Waals surface area contributed by atoms with Crippen LogP contribution < -0.4 is 0 Å². The van der Waals surface area contributed by atoms with Crippen molar-refractivity contribution in [2.75, 3.05) is 7.11 Å². The number of hydrogen-bond donors (Lipinski definition) is 0. The average Bonchev–Trinajstić information content (AvgIpc) is 2.39. The van der Waals surface area contributed by atoms with Gasteiger partial charge in [0.05, 0.1) is 7.11 Å². The van der Waals surface area contributed by atoms with Gasteiger partial charge in [-0.2, -0.15) is 0 Å². The van der Waals surface area contributed by atoms with Gasteiger partial charge in [-0.3, -0.25) is 0 Å². The molecule has 1 aromatic carbocycles. The fraction of sp³-hybridized carbons (Fsp3) is 0.200. The summed E-state index contributed by atoms with van der Waals surface area (Å²) in [5, 5.41) is 0. The van der Waals surface area contributed by atoms with Crippen molar-refractivity contribution in [2.45, 2.75) is 13.8 Å². The van der Waals surface area contributed by atoms with Crippen molar-refractivity contribution in [1.29, 1.82) is 0 Å². The molecule has 0 saturated heterocycles. The minimum Gasteiger partial charge on any atom is -0.464 e. The van der Waals surface area contributed by atoms with Gasteiger partial charge in [-0.25, -0.2) is 9.78 Å². The summed E-state index contributed by atoms with van der Waals surface area (Å²) < 4.78 is 4.66. The van der Waals surface area contributed by atoms with E-state index in [1.165, 1.54) is 12.7 Å². The Kier molecular flexibility index (Phi) is 3.42. The number of hydrogen-bond acceptors (Lipinski definition) is 3. The fourth-order valence-electron chi connectivity index (χ4n) is 1.94. The topological polar surface area (TPSA) is 39.2 Å². The molecule has 18 heavy (non-hydrogen) atoms. The molecule has 0 aliphatic rings. The van der Waals surface area contributed by atoms with Crippen molar-refractivity contribution < 1.29 is 9.53 Å². The molecule has 0 aliphatic carbocycles. The Morgan fingerprint density at radius 1 is 1.06 bits per heavy atom. The van der Waals surface area contributed by atoms with Gasteiger partial charge in [0.2, 0.25) is 0 Å². The van der Waals surface area contributed by atoms with Crippen LogP contribution >= 0.6 is 0 Å². The lowest BCUT2D eigenvalue weighted by atomic mass is 9.99. The molecule has 92 valence electrons. The molecule has 0 bridgehead atoms. The summed E-state index contributed by atoms with van der Waals surface area (Å²) in [4.78, 5) is 15.7. The lowest BCUT2D eigenvalue weighted by Crippen LogP contribution is -2.05. The first kappa shape index (κ1) is 12.3. The minimum atomic E-state index is -0.408. The number of aryl methyl sites for hydroxylation is 2. The zero-order chi connectivity index (χ0) is 13.1. The van der Waals surface area contributed by atoms with Gasteiger partial charge in [0.15, 0.2) is 0 Å². The first-order valence-corrected chi connectivity index (χ1v) is 5.75. The quantitative estimate of drug-likeness (QED) is 0.758. The molecular formula is C15H15NO2. The van der Waals surface area contributed by atoms with Gasteiger partial charge >= 0.3 is 5.97 Å². The molecule has 1 aromatic heterocycles. The SMILES string of the molecule is COC(=O)c1ccc(-c2ccccc2C)c(C)n1. The van der Waals surface area contributed by atoms with Gasteiger partial charge in [-0.05, 0) is 31.0 Å². The molecule has 0 aliphatic heterocycles. The van der Waals surface area contributed by atoms with E-state index in [1.54, 1.807) is 6.07 Å². The van der Waals surface area contributed by atoms with Crippen LogP contribution in [0.1, 0.15) is 21.7 Å². The predicted molar refractivity (Wildman–Crippen MR) is 70.5 cm³/mol. The Hall–Kier alpha value is -2.16. The Bertz CT molecular complexity index is 591. The second-order valence-electron chi connectivity index (χ2n) is 4.14. The van der Waals surface area contributed by atoms with Crippen molar-refractivity contribution in [3.8, 4) is 11.1 Å². The highest BCUT2D eigenvalue weighted by atomic mass is 16.5. The second kappa shape index (κ2) is 5.00. The number of ether oxygens (including phenoxy) is 1. The molecule has 0 atom stereocenters. The van der Waals surface area contributed by atoms with Crippen LogP contribution in [0.3, 0.4) is 0 Å². The van der Waals surface area contributed by atoms with E-state index in [2.05, 4.69) is 28.8 Å². The number of esters is 1. The largest absolute Gasteiger partial charge is 0.464 e. The maximum atomic E-state index is 11.4. The Labute approximate surface area is 106 Å². The maximum Gasteiger partial charge on any atom is 0.356 e. The third-order valence-electron chi connectivity index (χ3n) is 2.92. The van der Waals surface area contributed by atoms with Crippen LogP contribution in [0.2, 0.25) is 0 Å². The van der Waals surface area contributed by atoms with Crippen molar-refractivity contribution in [3.63, 3.8) is 0 Å². The molecule has 0 saturated carbocycles. The van der Waals surface area contributed by atoms with E-state index < -0.39 is 5.97 Å². The van der Waals surface area contributed by atoms with E-state index in [-0.39, 0.29) is 0 Å². The number of carbonyl (C=O) groups is 1. The van der Waals surface area contributed by atoms with Crippen molar-refractivity contribution in [1.82, 2.24) is 4.98 Å². The van der Waals surface area contributed by atoms with Crippen LogP contribution in [-0.4, -0.2) is 18.1 Å². The highest BCUT2D eigenvalue weighted by Gasteiger charge is 2.11. The van der Waals surface area contributed by atoms with Gasteiger partial charge < -0.3 is 4.74 Å². The molecule has 0 unspecified atom stereocenters. The first-order chi connectivity index (χ1) is 8.63. The summed E-state index contributed by atoms with van der Waals surface area (Å²) in [6.07, 6.45) is 0. The lowest BCUT2D eigenvalue weighted by molar-refractivity contribution is 0.0594. The summed E-state index contributed by atoms with van der Waals surface area (Å²) in [5.41, 5.74) is 4.53. The standard InChI is InChI=1S/C15H15NO2/c1-10-6-4-5-7-12(10)13-8-9-14(15(17)18-3)16-11(13)2/h4-9H,1-3H3. The van der Waals surface area contributed by atoms with Crippen molar-refractivity contribution in [3.05, 3.63) is 53.3 Å². The van der Waals surface area contributed by atoms with E-state index in [4.69, 9.17) is 0 Å². The van der Waals surface area contributed by atoms with Crippen LogP contribution in [0.5, 0.6) is 0 Å². The number of rotatable bonds is 2. The summed E-state index contributed by atoms with van der Waals surface area (Å²) >= 11 is 0. The highest BCUT2D eigenvalue weighted by Crippen LogP contribution is 2.25. The number of pyridine rings is 1. The summed E-state index contributed by atoms with van der Waals surface area (Å²) in [5.74, 6) is -0.408. The third-order valence-corrected chi connectivity index (χ3v) is 2.92. The van der Waals surface area contributed by atoms with Crippen LogP contribution in [0.15, 0.2) is 36.4 Å². The smallest absolute Gasteiger partial charge is 0.356 e. The van der Waals surface area contributed by atoms with Gasteiger partial charge in [0, 0.05) is 11.3 Å². The zero-order valence-corrected chi connectivity index (χ0v) is 10.7. The molecule has 0 amide bonds. The first-order valence-electron chi connectivity index (χ1n) is 5.75. The van der Waals surface area contributed by atoms with Crippen molar-refractivity contribution >= 4 is 5.97 Å². The molecule has 0 fully saturated rings. The molecule has 0 radical (unpaired) electrons. The number of nitrogens with zero attached hydrogens (tertiary/aromatic N) is 1. The molecule has 2 aromatic rings. The fourth-order valence-corrected chi connectivity index (χ4v) is 1.94. The lowest BCUT2D eigenvalue weighted by Gasteiger charge is -2.09. The molecule has 3 heteroatoms. The number of benzene rings is 1. The Morgan fingerprint density at radius 3 is 2.39 bits per heavy atom. The van der Waals surface area contributed by atoms with Gasteiger partial charge in [-0.15, -0.1) is 0 Å². The van der Waals surface area contributed by atoms with Crippen molar-refractivity contribution in [2.24, 2.45) is 0 Å². The molecule has 3 nitrogen and oxygen atoms in total. The Morgan fingerprint density at radius 2 is 1.78 bits per heavy atom. The molecule has 0 spiro atoms. The van der Waals surface area contributed by atoms with Gasteiger partial charge in [0.25, 0.3) is 0 Å². The molecular weight excluding hydrogens is 226 g/mol. The molecule has 1 heterocycles. The van der Waals surface area contributed by atoms with E-state index in [9.17, 15) is 4.79 Å².